The molecule has 14 heavy (non-hydrogen) atoms. The molecule has 2 nitrogen and oxygen atoms in total. The molecule has 1 aromatic carbocycles. The van der Waals surface area contributed by atoms with Gasteiger partial charge in [-0.3, -0.25) is 5.41 Å². The van der Waals surface area contributed by atoms with Gasteiger partial charge in [0.2, 0.25) is 0 Å². The summed E-state index contributed by atoms with van der Waals surface area (Å²) in [4.78, 5) is 0. The summed E-state index contributed by atoms with van der Waals surface area (Å²) in [5.74, 6) is 0.103. The van der Waals surface area contributed by atoms with E-state index in [1.54, 1.807) is 0 Å². The number of benzene rings is 1. The Labute approximate surface area is 93.1 Å². The van der Waals surface area contributed by atoms with Gasteiger partial charge in [0, 0.05) is 10.0 Å². The van der Waals surface area contributed by atoms with E-state index in [9.17, 15) is 0 Å². The van der Waals surface area contributed by atoms with Gasteiger partial charge in [-0.1, -0.05) is 48.8 Å². The number of hydrogen-bond donors (Lipinski definition) is 2. The Kier molecular flexibility index (Phi) is 3.00. The van der Waals surface area contributed by atoms with E-state index >= 15 is 0 Å². The van der Waals surface area contributed by atoms with Gasteiger partial charge >= 0.3 is 0 Å². The molecule has 0 radical (unpaired) electrons. The minimum Gasteiger partial charge on any atom is -0.384 e. The van der Waals surface area contributed by atoms with E-state index in [1.807, 2.05) is 18.2 Å². The van der Waals surface area contributed by atoms with Gasteiger partial charge in [-0.25, -0.2) is 0 Å². The van der Waals surface area contributed by atoms with Gasteiger partial charge in [0.1, 0.15) is 5.84 Å². The number of nitrogens with two attached hydrogens (primary N) is 1. The van der Waals surface area contributed by atoms with Crippen LogP contribution in [-0.4, -0.2) is 5.84 Å². The van der Waals surface area contributed by atoms with Crippen LogP contribution in [0.25, 0.3) is 0 Å². The molecule has 1 rings (SSSR count). The van der Waals surface area contributed by atoms with Crippen LogP contribution in [0.4, 0.5) is 0 Å². The molecule has 0 spiro atoms. The Morgan fingerprint density at radius 2 is 1.93 bits per heavy atom. The van der Waals surface area contributed by atoms with Gasteiger partial charge in [0.05, 0.1) is 0 Å². The second-order valence-corrected chi connectivity index (χ2v) is 5.21. The third-order valence-electron chi connectivity index (χ3n) is 2.09. The molecule has 0 aromatic heterocycles. The zero-order valence-electron chi connectivity index (χ0n) is 8.69. The maximum Gasteiger partial charge on any atom is 0.122 e. The van der Waals surface area contributed by atoms with E-state index in [0.29, 0.717) is 0 Å². The molecule has 0 saturated carbocycles. The van der Waals surface area contributed by atoms with Gasteiger partial charge in [-0.05, 0) is 17.0 Å². The highest BCUT2D eigenvalue weighted by Crippen LogP contribution is 2.30. The van der Waals surface area contributed by atoms with Crippen molar-refractivity contribution < 1.29 is 0 Å². The molecule has 3 heteroatoms. The standard InChI is InChI=1S/C11H15BrN2/c1-11(2,3)8-5-4-7(10(13)14)6-9(8)12/h4-6H,1-3H3,(H3,13,14). The topological polar surface area (TPSA) is 49.9 Å². The van der Waals surface area contributed by atoms with Crippen LogP contribution in [0, 0.1) is 5.41 Å². The van der Waals surface area contributed by atoms with Crippen LogP contribution in [0.15, 0.2) is 22.7 Å². The minimum absolute atomic E-state index is 0.103. The van der Waals surface area contributed by atoms with Gasteiger partial charge in [-0.2, -0.15) is 0 Å². The normalized spacial score (nSPS) is 11.4. The molecular weight excluding hydrogens is 240 g/mol. The van der Waals surface area contributed by atoms with E-state index in [-0.39, 0.29) is 11.3 Å². The lowest BCUT2D eigenvalue weighted by Gasteiger charge is -2.21. The van der Waals surface area contributed by atoms with E-state index in [2.05, 4.69) is 36.7 Å². The molecule has 0 fully saturated rings. The van der Waals surface area contributed by atoms with Crippen molar-refractivity contribution in [3.63, 3.8) is 0 Å². The summed E-state index contributed by atoms with van der Waals surface area (Å²) in [6, 6.07) is 5.79. The maximum absolute atomic E-state index is 7.32. The molecule has 0 saturated heterocycles. The number of nitrogens with one attached hydrogen (secondary N) is 1. The minimum atomic E-state index is 0.103. The summed E-state index contributed by atoms with van der Waals surface area (Å²) in [6.07, 6.45) is 0. The van der Waals surface area contributed by atoms with Crippen molar-refractivity contribution in [2.75, 3.05) is 0 Å². The average molecular weight is 255 g/mol. The molecule has 0 heterocycles. The third-order valence-corrected chi connectivity index (χ3v) is 2.74. The van der Waals surface area contributed by atoms with E-state index < -0.39 is 0 Å². The molecule has 3 N–H and O–H groups in total. The maximum atomic E-state index is 7.32. The Morgan fingerprint density at radius 1 is 1.36 bits per heavy atom. The van der Waals surface area contributed by atoms with Crippen LogP contribution >= 0.6 is 15.9 Å². The number of amidine groups is 1. The number of halogens is 1. The van der Waals surface area contributed by atoms with E-state index in [1.165, 1.54) is 5.56 Å². The molecular formula is C11H15BrN2. The average Bonchev–Trinajstić information content (AvgIpc) is 2.01. The molecule has 0 atom stereocenters. The van der Waals surface area contributed by atoms with E-state index in [4.69, 9.17) is 11.1 Å². The highest BCUT2D eigenvalue weighted by Gasteiger charge is 2.17. The SMILES string of the molecule is CC(C)(C)c1ccc(C(=N)N)cc1Br. The second kappa shape index (κ2) is 3.73. The lowest BCUT2D eigenvalue weighted by Crippen LogP contribution is -2.15. The summed E-state index contributed by atoms with van der Waals surface area (Å²) >= 11 is 3.50. The molecule has 76 valence electrons. The second-order valence-electron chi connectivity index (χ2n) is 4.36. The highest BCUT2D eigenvalue weighted by atomic mass is 79.9. The Balaban J connectivity index is 3.21. The molecule has 0 aliphatic rings. The summed E-state index contributed by atoms with van der Waals surface area (Å²) in [7, 11) is 0. The third kappa shape index (κ3) is 2.35. The quantitative estimate of drug-likeness (QED) is 0.588. The van der Waals surface area contributed by atoms with Crippen LogP contribution < -0.4 is 5.73 Å². The zero-order chi connectivity index (χ0) is 10.9. The molecule has 0 aliphatic heterocycles. The van der Waals surface area contributed by atoms with Crippen molar-refractivity contribution in [1.29, 1.82) is 5.41 Å². The molecule has 1 aromatic rings. The van der Waals surface area contributed by atoms with Crippen LogP contribution in [-0.2, 0) is 5.41 Å². The van der Waals surface area contributed by atoms with Crippen LogP contribution in [0.2, 0.25) is 0 Å². The summed E-state index contributed by atoms with van der Waals surface area (Å²) in [5, 5.41) is 7.32. The van der Waals surface area contributed by atoms with Crippen molar-refractivity contribution in [3.8, 4) is 0 Å². The van der Waals surface area contributed by atoms with Gasteiger partial charge < -0.3 is 5.73 Å². The first-order valence-electron chi connectivity index (χ1n) is 4.47. The predicted molar refractivity (Wildman–Crippen MR) is 63.9 cm³/mol. The largest absolute Gasteiger partial charge is 0.384 e. The first kappa shape index (κ1) is 11.2. The number of hydrogen-bond acceptors (Lipinski definition) is 1. The highest BCUT2D eigenvalue weighted by molar-refractivity contribution is 9.10. The fraction of sp³-hybridized carbons (Fsp3) is 0.364. The predicted octanol–water partition coefficient (Wildman–Crippen LogP) is 3.03. The van der Waals surface area contributed by atoms with Crippen LogP contribution in [0.3, 0.4) is 0 Å². The Bertz CT molecular complexity index is 364. The monoisotopic (exact) mass is 254 g/mol. The van der Waals surface area contributed by atoms with Gasteiger partial charge in [-0.15, -0.1) is 0 Å². The molecule has 0 bridgehead atoms. The fourth-order valence-corrected chi connectivity index (χ4v) is 2.26. The first-order valence-corrected chi connectivity index (χ1v) is 5.26. The summed E-state index contributed by atoms with van der Waals surface area (Å²) in [6.45, 7) is 6.46. The first-order chi connectivity index (χ1) is 6.32. The molecule has 0 amide bonds. The van der Waals surface area contributed by atoms with Gasteiger partial charge in [0.25, 0.3) is 0 Å². The molecule has 0 aliphatic carbocycles. The Morgan fingerprint density at radius 3 is 2.29 bits per heavy atom. The van der Waals surface area contributed by atoms with Crippen molar-refractivity contribution in [1.82, 2.24) is 0 Å². The lowest BCUT2D eigenvalue weighted by atomic mass is 9.86. The number of rotatable bonds is 1. The van der Waals surface area contributed by atoms with Crippen molar-refractivity contribution in [3.05, 3.63) is 33.8 Å². The Hall–Kier alpha value is -0.830. The smallest absolute Gasteiger partial charge is 0.122 e. The molecule has 0 unspecified atom stereocenters. The van der Waals surface area contributed by atoms with Gasteiger partial charge in [0.15, 0.2) is 0 Å². The lowest BCUT2D eigenvalue weighted by molar-refractivity contribution is 0.587. The fourth-order valence-electron chi connectivity index (χ4n) is 1.29. The van der Waals surface area contributed by atoms with E-state index in [0.717, 1.165) is 10.0 Å². The van der Waals surface area contributed by atoms with Crippen molar-refractivity contribution >= 4 is 21.8 Å². The zero-order valence-corrected chi connectivity index (χ0v) is 10.3. The van der Waals surface area contributed by atoms with Crippen LogP contribution in [0.5, 0.6) is 0 Å². The number of nitrogen functional groups attached to an aromatic ring is 1. The summed E-state index contributed by atoms with van der Waals surface area (Å²) in [5.41, 5.74) is 7.49. The summed E-state index contributed by atoms with van der Waals surface area (Å²) < 4.78 is 1.01. The van der Waals surface area contributed by atoms with Crippen molar-refractivity contribution in [2.45, 2.75) is 26.2 Å². The van der Waals surface area contributed by atoms with Crippen LogP contribution in [0.1, 0.15) is 31.9 Å². The van der Waals surface area contributed by atoms with Crippen molar-refractivity contribution in [2.24, 2.45) is 5.73 Å².